The average molecular weight is 186 g/mol. The molecule has 0 unspecified atom stereocenters. The smallest absolute Gasteiger partial charge is 0.0770 e. The Hall–Kier alpha value is -0.0400. The molecule has 1 N–H and O–H groups in total. The molecule has 0 saturated carbocycles. The molecule has 0 atom stereocenters. The lowest BCUT2D eigenvalue weighted by atomic mass is 9.85. The van der Waals surface area contributed by atoms with E-state index in [2.05, 4.69) is 34.6 Å². The molecular weight excluding hydrogens is 158 g/mol. The molecule has 0 aliphatic rings. The van der Waals surface area contributed by atoms with E-state index in [0.717, 1.165) is 0 Å². The van der Waals surface area contributed by atoms with Gasteiger partial charge in [-0.1, -0.05) is 27.2 Å². The van der Waals surface area contributed by atoms with E-state index in [1.165, 1.54) is 38.9 Å². The van der Waals surface area contributed by atoms with Crippen LogP contribution in [0.1, 0.15) is 53.9 Å². The van der Waals surface area contributed by atoms with E-state index >= 15 is 0 Å². The summed E-state index contributed by atoms with van der Waals surface area (Å²) >= 11 is 0. The van der Waals surface area contributed by atoms with Crippen molar-refractivity contribution in [1.29, 1.82) is 0 Å². The van der Waals surface area contributed by atoms with E-state index in [-0.39, 0.29) is 0 Å². The van der Waals surface area contributed by atoms with Crippen LogP contribution in [-0.2, 0) is 0 Å². The minimum atomic E-state index is 0.562. The van der Waals surface area contributed by atoms with E-state index in [1.54, 1.807) is 4.90 Å². The Morgan fingerprint density at radius 1 is 1.00 bits per heavy atom. The van der Waals surface area contributed by atoms with Gasteiger partial charge in [0.15, 0.2) is 0 Å². The van der Waals surface area contributed by atoms with Crippen LogP contribution in [0.25, 0.3) is 0 Å². The summed E-state index contributed by atoms with van der Waals surface area (Å²) in [6.07, 6.45) is 4.07. The molecule has 1 nitrogen and oxygen atoms in total. The molecule has 0 rings (SSSR count). The predicted molar refractivity (Wildman–Crippen MR) is 60.2 cm³/mol. The Bertz CT molecular complexity index is 114. The minimum Gasteiger partial charge on any atom is -0.335 e. The quantitative estimate of drug-likeness (QED) is 0.621. The van der Waals surface area contributed by atoms with E-state index in [9.17, 15) is 0 Å². The van der Waals surface area contributed by atoms with Gasteiger partial charge in [-0.2, -0.15) is 0 Å². The lowest BCUT2D eigenvalue weighted by Crippen LogP contribution is -3.11. The van der Waals surface area contributed by atoms with Crippen LogP contribution >= 0.6 is 0 Å². The van der Waals surface area contributed by atoms with Crippen LogP contribution in [-0.4, -0.2) is 19.6 Å². The molecular formula is C12H28N+. The fourth-order valence-electron chi connectivity index (χ4n) is 1.60. The monoisotopic (exact) mass is 186 g/mol. The lowest BCUT2D eigenvalue weighted by Gasteiger charge is -2.23. The normalized spacial score (nSPS) is 12.5. The van der Waals surface area contributed by atoms with Crippen LogP contribution in [0.15, 0.2) is 0 Å². The number of quaternary nitrogens is 1. The molecule has 0 fully saturated rings. The molecule has 0 radical (unpaired) electrons. The average Bonchev–Trinajstić information content (AvgIpc) is 2.12. The highest BCUT2D eigenvalue weighted by Gasteiger charge is 2.15. The van der Waals surface area contributed by atoms with Gasteiger partial charge in [-0.05, 0) is 32.1 Å². The van der Waals surface area contributed by atoms with E-state index in [0.29, 0.717) is 5.41 Å². The maximum Gasteiger partial charge on any atom is 0.0770 e. The van der Waals surface area contributed by atoms with Crippen LogP contribution in [0.4, 0.5) is 0 Å². The van der Waals surface area contributed by atoms with Crippen LogP contribution < -0.4 is 4.90 Å². The van der Waals surface area contributed by atoms with Gasteiger partial charge in [0.25, 0.3) is 0 Å². The fraction of sp³-hybridized carbons (Fsp3) is 1.00. The molecule has 0 aromatic rings. The largest absolute Gasteiger partial charge is 0.335 e. The second kappa shape index (κ2) is 6.42. The van der Waals surface area contributed by atoms with Crippen molar-refractivity contribution in [2.45, 2.75) is 53.9 Å². The summed E-state index contributed by atoms with van der Waals surface area (Å²) in [6, 6.07) is 0. The summed E-state index contributed by atoms with van der Waals surface area (Å²) in [4.78, 5) is 1.74. The highest BCUT2D eigenvalue weighted by Crippen LogP contribution is 2.25. The van der Waals surface area contributed by atoms with Crippen molar-refractivity contribution in [3.63, 3.8) is 0 Å². The van der Waals surface area contributed by atoms with Crippen LogP contribution in [0.5, 0.6) is 0 Å². The minimum absolute atomic E-state index is 0.562. The summed E-state index contributed by atoms with van der Waals surface area (Å²) in [5.41, 5.74) is 0.562. The van der Waals surface area contributed by atoms with Crippen LogP contribution in [0, 0.1) is 5.41 Å². The molecule has 0 spiro atoms. The highest BCUT2D eigenvalue weighted by molar-refractivity contribution is 4.65. The Balaban J connectivity index is 3.54. The van der Waals surface area contributed by atoms with Crippen molar-refractivity contribution in [2.24, 2.45) is 5.41 Å². The molecule has 0 aromatic carbocycles. The van der Waals surface area contributed by atoms with Crippen molar-refractivity contribution < 1.29 is 4.90 Å². The van der Waals surface area contributed by atoms with Crippen molar-refractivity contribution in [1.82, 2.24) is 0 Å². The first kappa shape index (κ1) is 13.0. The maximum atomic E-state index is 2.38. The standard InChI is InChI=1S/C12H27N/c1-6-12(4,5)10-9-11-13(7-2)8-3/h6-11H2,1-5H3/p+1. The molecule has 13 heavy (non-hydrogen) atoms. The maximum absolute atomic E-state index is 2.38. The second-order valence-corrected chi connectivity index (χ2v) is 4.83. The van der Waals surface area contributed by atoms with Crippen LogP contribution in [0.3, 0.4) is 0 Å². The third-order valence-corrected chi connectivity index (χ3v) is 3.34. The first-order valence-corrected chi connectivity index (χ1v) is 5.89. The van der Waals surface area contributed by atoms with Gasteiger partial charge in [-0.15, -0.1) is 0 Å². The Labute approximate surface area is 84.5 Å². The topological polar surface area (TPSA) is 4.44 Å². The first-order valence-electron chi connectivity index (χ1n) is 5.89. The van der Waals surface area contributed by atoms with Gasteiger partial charge in [0.05, 0.1) is 19.6 Å². The molecule has 80 valence electrons. The third-order valence-electron chi connectivity index (χ3n) is 3.34. The molecule has 1 heteroatoms. The zero-order valence-electron chi connectivity index (χ0n) is 10.2. The van der Waals surface area contributed by atoms with Crippen LogP contribution in [0.2, 0.25) is 0 Å². The second-order valence-electron chi connectivity index (χ2n) is 4.83. The fourth-order valence-corrected chi connectivity index (χ4v) is 1.60. The third kappa shape index (κ3) is 6.09. The van der Waals surface area contributed by atoms with E-state index in [4.69, 9.17) is 0 Å². The van der Waals surface area contributed by atoms with Gasteiger partial charge in [0.1, 0.15) is 0 Å². The SMILES string of the molecule is CC[NH+](CC)CCCC(C)(C)CC. The zero-order chi connectivity index (χ0) is 10.3. The van der Waals surface area contributed by atoms with Gasteiger partial charge < -0.3 is 4.90 Å². The van der Waals surface area contributed by atoms with Gasteiger partial charge in [0, 0.05) is 0 Å². The Morgan fingerprint density at radius 2 is 1.54 bits per heavy atom. The molecule has 0 aliphatic heterocycles. The van der Waals surface area contributed by atoms with Gasteiger partial charge in [-0.3, -0.25) is 0 Å². The van der Waals surface area contributed by atoms with Crippen molar-refractivity contribution in [2.75, 3.05) is 19.6 Å². The Kier molecular flexibility index (Phi) is 6.40. The van der Waals surface area contributed by atoms with E-state index in [1.807, 2.05) is 0 Å². The molecule has 0 bridgehead atoms. The summed E-state index contributed by atoms with van der Waals surface area (Å²) < 4.78 is 0. The number of rotatable bonds is 7. The van der Waals surface area contributed by atoms with Gasteiger partial charge in [-0.25, -0.2) is 0 Å². The summed E-state index contributed by atoms with van der Waals surface area (Å²) in [7, 11) is 0. The lowest BCUT2D eigenvalue weighted by molar-refractivity contribution is -0.896. The number of hydrogen-bond acceptors (Lipinski definition) is 0. The number of nitrogens with one attached hydrogen (secondary N) is 1. The highest BCUT2D eigenvalue weighted by atomic mass is 15.1. The van der Waals surface area contributed by atoms with E-state index < -0.39 is 0 Å². The van der Waals surface area contributed by atoms with Crippen molar-refractivity contribution in [3.8, 4) is 0 Å². The molecule has 0 saturated heterocycles. The molecule has 0 heterocycles. The summed E-state index contributed by atoms with van der Waals surface area (Å²) in [5, 5.41) is 0. The molecule has 0 amide bonds. The zero-order valence-corrected chi connectivity index (χ0v) is 10.2. The molecule has 0 aromatic heterocycles. The summed E-state index contributed by atoms with van der Waals surface area (Å²) in [6.45, 7) is 15.5. The van der Waals surface area contributed by atoms with Gasteiger partial charge >= 0.3 is 0 Å². The van der Waals surface area contributed by atoms with Crippen molar-refractivity contribution >= 4 is 0 Å². The van der Waals surface area contributed by atoms with Crippen molar-refractivity contribution in [3.05, 3.63) is 0 Å². The predicted octanol–water partition coefficient (Wildman–Crippen LogP) is 2.13. The molecule has 0 aliphatic carbocycles. The first-order chi connectivity index (χ1) is 6.05. The Morgan fingerprint density at radius 3 is 1.92 bits per heavy atom. The summed E-state index contributed by atoms with van der Waals surface area (Å²) in [5.74, 6) is 0. The number of hydrogen-bond donors (Lipinski definition) is 1. The van der Waals surface area contributed by atoms with Gasteiger partial charge in [0.2, 0.25) is 0 Å².